The quantitative estimate of drug-likeness (QED) is 0.742. The molecule has 100 valence electrons. The highest BCUT2D eigenvalue weighted by Gasteiger charge is 2.24. The third-order valence-electron chi connectivity index (χ3n) is 3.14. The lowest BCUT2D eigenvalue weighted by Gasteiger charge is -2.16. The fraction of sp³-hybridized carbons (Fsp3) is 0.0667. The lowest BCUT2D eigenvalue weighted by Crippen LogP contribution is -2.14. The van der Waals surface area contributed by atoms with Crippen molar-refractivity contribution in [2.75, 3.05) is 0 Å². The Labute approximate surface area is 114 Å². The number of Topliss-reactive ketones (excluding diaryl/α,β-unsaturated/α-hetero) is 1. The number of rotatable bonds is 1. The van der Waals surface area contributed by atoms with Crippen LogP contribution in [-0.4, -0.2) is 26.8 Å². The molecule has 20 heavy (non-hydrogen) atoms. The van der Waals surface area contributed by atoms with Crippen molar-refractivity contribution in [3.63, 3.8) is 0 Å². The molecule has 0 unspecified atom stereocenters. The second-order valence-corrected chi connectivity index (χ2v) is 4.56. The third kappa shape index (κ3) is 1.99. The van der Waals surface area contributed by atoms with Crippen LogP contribution in [0.2, 0.25) is 0 Å². The Kier molecular flexibility index (Phi) is 2.68. The molecule has 2 aromatic rings. The molecule has 3 N–H and O–H groups in total. The third-order valence-corrected chi connectivity index (χ3v) is 3.14. The van der Waals surface area contributed by atoms with E-state index in [2.05, 4.69) is 4.99 Å². The van der Waals surface area contributed by atoms with Crippen LogP contribution < -0.4 is 0 Å². The molecular weight excluding hydrogens is 258 g/mol. The highest BCUT2D eigenvalue weighted by molar-refractivity contribution is 6.21. The molecule has 0 aromatic heterocycles. The predicted molar refractivity (Wildman–Crippen MR) is 73.0 cm³/mol. The summed E-state index contributed by atoms with van der Waals surface area (Å²) in [6, 6.07) is 8.81. The number of fused-ring (bicyclic) bond motifs is 1. The van der Waals surface area contributed by atoms with Gasteiger partial charge in [-0.2, -0.15) is 0 Å². The Bertz CT molecular complexity index is 732. The van der Waals surface area contributed by atoms with Crippen LogP contribution in [0.5, 0.6) is 17.2 Å². The first-order chi connectivity index (χ1) is 9.54. The van der Waals surface area contributed by atoms with E-state index in [4.69, 9.17) is 0 Å². The van der Waals surface area contributed by atoms with Crippen molar-refractivity contribution in [1.29, 1.82) is 0 Å². The molecular formula is C15H11NO4. The van der Waals surface area contributed by atoms with Gasteiger partial charge in [-0.25, -0.2) is 0 Å². The maximum Gasteiger partial charge on any atom is 0.174 e. The number of benzene rings is 2. The minimum absolute atomic E-state index is 0.0656. The second-order valence-electron chi connectivity index (χ2n) is 4.56. The molecule has 0 bridgehead atoms. The van der Waals surface area contributed by atoms with Gasteiger partial charge in [-0.1, -0.05) is 0 Å². The topological polar surface area (TPSA) is 90.1 Å². The average Bonchev–Trinajstić information content (AvgIpc) is 2.38. The van der Waals surface area contributed by atoms with Crippen molar-refractivity contribution in [3.8, 4) is 17.2 Å². The van der Waals surface area contributed by atoms with Crippen molar-refractivity contribution < 1.29 is 20.1 Å². The van der Waals surface area contributed by atoms with Gasteiger partial charge in [0.05, 0.1) is 23.4 Å². The molecule has 0 saturated heterocycles. The number of hydrogen-bond acceptors (Lipinski definition) is 5. The van der Waals surface area contributed by atoms with Gasteiger partial charge in [-0.05, 0) is 29.8 Å². The highest BCUT2D eigenvalue weighted by Crippen LogP contribution is 2.37. The fourth-order valence-corrected chi connectivity index (χ4v) is 2.22. The Morgan fingerprint density at radius 2 is 1.65 bits per heavy atom. The van der Waals surface area contributed by atoms with Gasteiger partial charge in [0.25, 0.3) is 0 Å². The van der Waals surface area contributed by atoms with E-state index >= 15 is 0 Å². The standard InChI is InChI=1S/C15H11NO4/c17-9-3-1-8(2-4-9)11-7-14(20)15-12(16-11)5-10(18)6-13(15)19/h1-6,17-19H,7H2. The SMILES string of the molecule is O=C1CC(c2ccc(O)cc2)=Nc2cc(O)cc(O)c21. The first-order valence-electron chi connectivity index (χ1n) is 6.01. The van der Waals surface area contributed by atoms with E-state index in [1.165, 1.54) is 18.2 Å². The number of carbonyl (C=O) groups is 1. The van der Waals surface area contributed by atoms with Gasteiger partial charge in [-0.3, -0.25) is 9.79 Å². The predicted octanol–water partition coefficient (Wildman–Crippen LogP) is 2.51. The Morgan fingerprint density at radius 1 is 0.950 bits per heavy atom. The van der Waals surface area contributed by atoms with Crippen LogP contribution in [0.1, 0.15) is 22.3 Å². The van der Waals surface area contributed by atoms with Crippen LogP contribution in [0.25, 0.3) is 0 Å². The van der Waals surface area contributed by atoms with Crippen LogP contribution in [0.4, 0.5) is 5.69 Å². The molecule has 0 saturated carbocycles. The zero-order valence-electron chi connectivity index (χ0n) is 10.4. The maximum absolute atomic E-state index is 12.1. The molecule has 2 aromatic carbocycles. The molecule has 0 radical (unpaired) electrons. The molecule has 1 aliphatic heterocycles. The number of nitrogens with zero attached hydrogens (tertiary/aromatic N) is 1. The van der Waals surface area contributed by atoms with Crippen LogP contribution in [0.3, 0.4) is 0 Å². The summed E-state index contributed by atoms with van der Waals surface area (Å²) in [4.78, 5) is 16.4. The number of carbonyl (C=O) groups excluding carboxylic acids is 1. The minimum Gasteiger partial charge on any atom is -0.508 e. The molecule has 1 aliphatic rings. The summed E-state index contributed by atoms with van der Waals surface area (Å²) in [6.45, 7) is 0. The average molecular weight is 269 g/mol. The van der Waals surface area contributed by atoms with E-state index in [1.807, 2.05) is 0 Å². The monoisotopic (exact) mass is 269 g/mol. The fourth-order valence-electron chi connectivity index (χ4n) is 2.22. The first-order valence-corrected chi connectivity index (χ1v) is 6.01. The van der Waals surface area contributed by atoms with Gasteiger partial charge < -0.3 is 15.3 Å². The van der Waals surface area contributed by atoms with E-state index < -0.39 is 0 Å². The number of aromatic hydroxyl groups is 3. The van der Waals surface area contributed by atoms with Gasteiger partial charge in [0.2, 0.25) is 0 Å². The van der Waals surface area contributed by atoms with Crippen LogP contribution in [-0.2, 0) is 0 Å². The molecule has 3 rings (SSSR count). The summed E-state index contributed by atoms with van der Waals surface area (Å²) in [5.41, 5.74) is 1.63. The van der Waals surface area contributed by atoms with E-state index in [1.54, 1.807) is 12.1 Å². The van der Waals surface area contributed by atoms with E-state index in [0.29, 0.717) is 11.3 Å². The molecule has 0 fully saturated rings. The second kappa shape index (κ2) is 4.38. The summed E-state index contributed by atoms with van der Waals surface area (Å²) in [7, 11) is 0. The van der Waals surface area contributed by atoms with Crippen LogP contribution >= 0.6 is 0 Å². The maximum atomic E-state index is 12.1. The molecule has 1 heterocycles. The Hall–Kier alpha value is -2.82. The van der Waals surface area contributed by atoms with Crippen molar-refractivity contribution in [1.82, 2.24) is 0 Å². The van der Waals surface area contributed by atoms with Gasteiger partial charge >= 0.3 is 0 Å². The largest absolute Gasteiger partial charge is 0.508 e. The van der Waals surface area contributed by atoms with Crippen molar-refractivity contribution in [2.45, 2.75) is 6.42 Å². The van der Waals surface area contributed by atoms with E-state index in [9.17, 15) is 20.1 Å². The van der Waals surface area contributed by atoms with E-state index in [-0.39, 0.29) is 40.7 Å². The minimum atomic E-state index is -0.265. The molecule has 5 nitrogen and oxygen atoms in total. The normalized spacial score (nSPS) is 13.8. The van der Waals surface area contributed by atoms with Gasteiger partial charge in [0.1, 0.15) is 17.2 Å². The smallest absolute Gasteiger partial charge is 0.174 e. The Balaban J connectivity index is 2.13. The van der Waals surface area contributed by atoms with Crippen molar-refractivity contribution >= 4 is 17.2 Å². The zero-order valence-corrected chi connectivity index (χ0v) is 10.4. The molecule has 0 spiro atoms. The molecule has 0 amide bonds. The van der Waals surface area contributed by atoms with Gasteiger partial charge in [-0.15, -0.1) is 0 Å². The molecule has 0 aliphatic carbocycles. The molecule has 5 heteroatoms. The highest BCUT2D eigenvalue weighted by atomic mass is 16.3. The zero-order chi connectivity index (χ0) is 14.3. The number of phenolic OH excluding ortho intramolecular Hbond substituents is 3. The lowest BCUT2D eigenvalue weighted by molar-refractivity contribution is 0.0997. The number of phenols is 3. The molecule has 0 atom stereocenters. The number of hydrogen-bond donors (Lipinski definition) is 3. The van der Waals surface area contributed by atoms with Gasteiger partial charge in [0.15, 0.2) is 5.78 Å². The first kappa shape index (κ1) is 12.2. The van der Waals surface area contributed by atoms with E-state index in [0.717, 1.165) is 6.07 Å². The van der Waals surface area contributed by atoms with Crippen molar-refractivity contribution in [2.24, 2.45) is 4.99 Å². The van der Waals surface area contributed by atoms with Crippen LogP contribution in [0.15, 0.2) is 41.4 Å². The summed E-state index contributed by atoms with van der Waals surface area (Å²) < 4.78 is 0. The Morgan fingerprint density at radius 3 is 2.35 bits per heavy atom. The summed E-state index contributed by atoms with van der Waals surface area (Å²) >= 11 is 0. The number of aliphatic imine (C=N–C) groups is 1. The number of ketones is 1. The van der Waals surface area contributed by atoms with Crippen molar-refractivity contribution in [3.05, 3.63) is 47.5 Å². The van der Waals surface area contributed by atoms with Crippen LogP contribution in [0, 0.1) is 0 Å². The lowest BCUT2D eigenvalue weighted by atomic mass is 9.95. The summed E-state index contributed by atoms with van der Waals surface area (Å²) in [6.07, 6.45) is 0.0656. The van der Waals surface area contributed by atoms with Gasteiger partial charge in [0, 0.05) is 12.1 Å². The summed E-state index contributed by atoms with van der Waals surface area (Å²) in [5.74, 6) is -0.536. The summed E-state index contributed by atoms with van der Waals surface area (Å²) in [5, 5.41) is 28.5.